The summed E-state index contributed by atoms with van der Waals surface area (Å²) in [6.45, 7) is 13.5. The van der Waals surface area contributed by atoms with Gasteiger partial charge in [-0.25, -0.2) is 0 Å². The monoisotopic (exact) mass is 407 g/mol. The first kappa shape index (κ1) is 21.4. The van der Waals surface area contributed by atoms with Gasteiger partial charge in [0.2, 0.25) is 9.04 Å². The van der Waals surface area contributed by atoms with Crippen LogP contribution in [0.3, 0.4) is 0 Å². The van der Waals surface area contributed by atoms with Crippen LogP contribution in [0, 0.1) is 6.92 Å². The second-order valence-electron chi connectivity index (χ2n) is 8.97. The Labute approximate surface area is 176 Å². The lowest BCUT2D eigenvalue weighted by atomic mass is 9.80. The molecule has 3 nitrogen and oxygen atoms in total. The maximum atomic E-state index is 6.30. The minimum atomic E-state index is -1.21. The minimum Gasteiger partial charge on any atom is -0.547 e. The van der Waals surface area contributed by atoms with E-state index >= 15 is 0 Å². The molecule has 0 radical (unpaired) electrons. The van der Waals surface area contributed by atoms with Gasteiger partial charge in [0.25, 0.3) is 0 Å². The van der Waals surface area contributed by atoms with Crippen molar-refractivity contribution in [1.29, 1.82) is 0 Å². The SMILES string of the molecule is COc1ccc(CCc2nc3cccc(O[SiH](C)C)c3c(C(C)(C)C)c2C)cc1. The number of aromatic nitrogens is 1. The Morgan fingerprint density at radius 2 is 1.66 bits per heavy atom. The van der Waals surface area contributed by atoms with Gasteiger partial charge in [-0.2, -0.15) is 0 Å². The van der Waals surface area contributed by atoms with E-state index in [-0.39, 0.29) is 5.41 Å². The van der Waals surface area contributed by atoms with Crippen LogP contribution in [0.5, 0.6) is 11.5 Å². The van der Waals surface area contributed by atoms with Crippen molar-refractivity contribution in [1.82, 2.24) is 4.98 Å². The van der Waals surface area contributed by atoms with Gasteiger partial charge in [-0.3, -0.25) is 4.98 Å². The average molecular weight is 408 g/mol. The maximum absolute atomic E-state index is 6.30. The third kappa shape index (κ3) is 4.81. The molecule has 0 spiro atoms. The van der Waals surface area contributed by atoms with Crippen molar-refractivity contribution in [3.63, 3.8) is 0 Å². The number of aryl methyl sites for hydroxylation is 2. The topological polar surface area (TPSA) is 31.4 Å². The fraction of sp³-hybridized carbons (Fsp3) is 0.400. The number of benzene rings is 2. The van der Waals surface area contributed by atoms with Crippen molar-refractivity contribution < 1.29 is 9.16 Å². The van der Waals surface area contributed by atoms with Gasteiger partial charge >= 0.3 is 0 Å². The summed E-state index contributed by atoms with van der Waals surface area (Å²) in [7, 11) is 0.493. The molecular formula is C25H33NO2Si. The second-order valence-corrected chi connectivity index (χ2v) is 11.3. The molecule has 3 aromatic rings. The summed E-state index contributed by atoms with van der Waals surface area (Å²) in [6.07, 6.45) is 1.88. The Morgan fingerprint density at radius 1 is 0.966 bits per heavy atom. The first-order chi connectivity index (χ1) is 13.7. The number of rotatable bonds is 6. The first-order valence-corrected chi connectivity index (χ1v) is 13.2. The van der Waals surface area contributed by atoms with Crippen molar-refractivity contribution >= 4 is 19.9 Å². The van der Waals surface area contributed by atoms with E-state index in [1.165, 1.54) is 27.8 Å². The highest BCUT2D eigenvalue weighted by molar-refractivity contribution is 6.49. The second kappa shape index (κ2) is 8.58. The Hall–Kier alpha value is -2.33. The van der Waals surface area contributed by atoms with E-state index in [4.69, 9.17) is 14.1 Å². The van der Waals surface area contributed by atoms with Crippen LogP contribution in [0.2, 0.25) is 13.1 Å². The number of ether oxygens (including phenoxy) is 1. The summed E-state index contributed by atoms with van der Waals surface area (Å²) in [5, 5.41) is 1.19. The molecule has 29 heavy (non-hydrogen) atoms. The number of pyridine rings is 1. The molecule has 0 aliphatic rings. The van der Waals surface area contributed by atoms with Gasteiger partial charge in [-0.05, 0) is 79.2 Å². The molecule has 0 atom stereocenters. The molecule has 0 aliphatic carbocycles. The standard InChI is InChI=1S/C25H33NO2Si/c1-17-20(16-13-18-11-14-19(27-5)15-12-18)26-21-9-8-10-22(28-29(6)7)23(21)24(17)25(2,3)4/h8-12,14-15,29H,13,16H2,1-7H3. The molecule has 0 saturated heterocycles. The Balaban J connectivity index is 2.05. The predicted molar refractivity (Wildman–Crippen MR) is 125 cm³/mol. The third-order valence-electron chi connectivity index (χ3n) is 5.24. The van der Waals surface area contributed by atoms with Gasteiger partial charge in [0, 0.05) is 11.1 Å². The van der Waals surface area contributed by atoms with Gasteiger partial charge < -0.3 is 9.16 Å². The highest BCUT2D eigenvalue weighted by Gasteiger charge is 2.25. The predicted octanol–water partition coefficient (Wildman–Crippen LogP) is 6.00. The van der Waals surface area contributed by atoms with Crippen molar-refractivity contribution in [2.75, 3.05) is 7.11 Å². The largest absolute Gasteiger partial charge is 0.547 e. The van der Waals surface area contributed by atoms with Crippen LogP contribution in [0.1, 0.15) is 43.2 Å². The van der Waals surface area contributed by atoms with E-state index in [1.807, 2.05) is 12.1 Å². The van der Waals surface area contributed by atoms with Gasteiger partial charge in [0.05, 0.1) is 12.6 Å². The molecule has 154 valence electrons. The summed E-state index contributed by atoms with van der Waals surface area (Å²) >= 11 is 0. The van der Waals surface area contributed by atoms with Crippen LogP contribution in [0.15, 0.2) is 42.5 Å². The van der Waals surface area contributed by atoms with Gasteiger partial charge in [-0.15, -0.1) is 0 Å². The summed E-state index contributed by atoms with van der Waals surface area (Å²) < 4.78 is 11.6. The Kier molecular flexibility index (Phi) is 6.32. The lowest BCUT2D eigenvalue weighted by Crippen LogP contribution is -2.18. The van der Waals surface area contributed by atoms with Crippen LogP contribution in [0.4, 0.5) is 0 Å². The highest BCUT2D eigenvalue weighted by Crippen LogP contribution is 2.38. The quantitative estimate of drug-likeness (QED) is 0.470. The molecule has 4 heteroatoms. The number of hydrogen-bond donors (Lipinski definition) is 0. The number of fused-ring (bicyclic) bond motifs is 1. The summed E-state index contributed by atoms with van der Waals surface area (Å²) in [4.78, 5) is 5.08. The Morgan fingerprint density at radius 3 is 2.24 bits per heavy atom. The lowest BCUT2D eigenvalue weighted by Gasteiger charge is -2.27. The van der Waals surface area contributed by atoms with E-state index in [0.717, 1.165) is 29.9 Å². The first-order valence-electron chi connectivity index (χ1n) is 10.4. The summed E-state index contributed by atoms with van der Waals surface area (Å²) in [5.74, 6) is 1.89. The zero-order valence-corrected chi connectivity index (χ0v) is 20.0. The average Bonchev–Trinajstić information content (AvgIpc) is 2.66. The van der Waals surface area contributed by atoms with Crippen LogP contribution in [0.25, 0.3) is 10.9 Å². The zero-order valence-electron chi connectivity index (χ0n) is 18.8. The number of nitrogens with zero attached hydrogens (tertiary/aromatic N) is 1. The van der Waals surface area contributed by atoms with Gasteiger partial charge in [0.15, 0.2) is 0 Å². The van der Waals surface area contributed by atoms with Gasteiger partial charge in [-0.1, -0.05) is 39.0 Å². The van der Waals surface area contributed by atoms with E-state index in [1.54, 1.807) is 7.11 Å². The molecule has 0 unspecified atom stereocenters. The van der Waals surface area contributed by atoms with Crippen LogP contribution < -0.4 is 9.16 Å². The van der Waals surface area contributed by atoms with E-state index < -0.39 is 9.04 Å². The Bertz CT molecular complexity index is 988. The maximum Gasteiger partial charge on any atom is 0.229 e. The highest BCUT2D eigenvalue weighted by atomic mass is 28.3. The molecule has 2 aromatic carbocycles. The molecular weight excluding hydrogens is 374 g/mol. The van der Waals surface area contributed by atoms with Crippen molar-refractivity contribution in [3.05, 3.63) is 64.8 Å². The fourth-order valence-electron chi connectivity index (χ4n) is 4.01. The zero-order chi connectivity index (χ0) is 21.2. The molecule has 1 aromatic heterocycles. The molecule has 0 bridgehead atoms. The minimum absolute atomic E-state index is 0.0120. The molecule has 0 amide bonds. The lowest BCUT2D eigenvalue weighted by molar-refractivity contribution is 0.414. The third-order valence-corrected chi connectivity index (χ3v) is 5.97. The van der Waals surface area contributed by atoms with Crippen molar-refractivity contribution in [3.8, 4) is 11.5 Å². The molecule has 0 aliphatic heterocycles. The molecule has 0 saturated carbocycles. The van der Waals surface area contributed by atoms with Crippen molar-refractivity contribution in [2.45, 2.75) is 59.0 Å². The van der Waals surface area contributed by atoms with Crippen LogP contribution in [-0.2, 0) is 18.3 Å². The van der Waals surface area contributed by atoms with E-state index in [2.05, 4.69) is 71.1 Å². The van der Waals surface area contributed by atoms with Crippen LogP contribution in [-0.4, -0.2) is 21.1 Å². The fourth-order valence-corrected chi connectivity index (χ4v) is 4.72. The van der Waals surface area contributed by atoms with E-state index in [0.29, 0.717) is 0 Å². The van der Waals surface area contributed by atoms with E-state index in [9.17, 15) is 0 Å². The molecule has 1 heterocycles. The van der Waals surface area contributed by atoms with Crippen molar-refractivity contribution in [2.24, 2.45) is 0 Å². The summed E-state index contributed by atoms with van der Waals surface area (Å²) in [6, 6.07) is 14.6. The molecule has 0 fully saturated rings. The smallest absolute Gasteiger partial charge is 0.229 e. The van der Waals surface area contributed by atoms with Gasteiger partial charge in [0.1, 0.15) is 11.5 Å². The molecule has 3 rings (SSSR count). The van der Waals surface area contributed by atoms with Crippen LogP contribution >= 0.6 is 0 Å². The normalized spacial score (nSPS) is 11.9. The molecule has 0 N–H and O–H groups in total. The summed E-state index contributed by atoms with van der Waals surface area (Å²) in [5.41, 5.74) is 6.18. The number of hydrogen-bond acceptors (Lipinski definition) is 3. The number of methoxy groups -OCH3 is 1.